The van der Waals surface area contributed by atoms with Crippen molar-refractivity contribution in [2.75, 3.05) is 18.0 Å². The van der Waals surface area contributed by atoms with E-state index in [0.717, 1.165) is 11.4 Å². The van der Waals surface area contributed by atoms with E-state index in [0.29, 0.717) is 43.3 Å². The van der Waals surface area contributed by atoms with Crippen LogP contribution >= 0.6 is 0 Å². The van der Waals surface area contributed by atoms with Crippen molar-refractivity contribution in [1.82, 2.24) is 20.1 Å². The highest BCUT2D eigenvalue weighted by Crippen LogP contribution is 2.25. The van der Waals surface area contributed by atoms with Gasteiger partial charge in [-0.2, -0.15) is 4.98 Å². The van der Waals surface area contributed by atoms with Crippen LogP contribution in [0.25, 0.3) is 23.0 Å². The van der Waals surface area contributed by atoms with Crippen LogP contribution in [0.15, 0.2) is 47.2 Å². The lowest BCUT2D eigenvalue weighted by atomic mass is 9.97. The van der Waals surface area contributed by atoms with Crippen LogP contribution < -0.4 is 4.90 Å². The number of carbonyl (C=O) groups is 1. The SMILES string of the molecule is O=C(O)C1CCN(c2ccc(-c3nc(-c4ccccn4)no3)cn2)CC1. The van der Waals surface area contributed by atoms with Gasteiger partial charge in [-0.05, 0) is 37.1 Å². The molecule has 1 saturated heterocycles. The first-order chi connectivity index (χ1) is 12.7. The maximum atomic E-state index is 11.0. The van der Waals surface area contributed by atoms with Crippen molar-refractivity contribution in [2.45, 2.75) is 12.8 Å². The van der Waals surface area contributed by atoms with Crippen molar-refractivity contribution < 1.29 is 14.4 Å². The maximum Gasteiger partial charge on any atom is 0.306 e. The van der Waals surface area contributed by atoms with Crippen LogP contribution in [0.4, 0.5) is 5.82 Å². The molecular weight excluding hydrogens is 334 g/mol. The quantitative estimate of drug-likeness (QED) is 0.764. The van der Waals surface area contributed by atoms with E-state index in [4.69, 9.17) is 9.63 Å². The minimum Gasteiger partial charge on any atom is -0.481 e. The van der Waals surface area contributed by atoms with Gasteiger partial charge in [-0.1, -0.05) is 11.2 Å². The van der Waals surface area contributed by atoms with E-state index in [1.807, 2.05) is 30.3 Å². The molecule has 0 unspecified atom stereocenters. The predicted molar refractivity (Wildman–Crippen MR) is 93.3 cm³/mol. The predicted octanol–water partition coefficient (Wildman–Crippen LogP) is 2.49. The molecular formula is C18H17N5O3. The van der Waals surface area contributed by atoms with Crippen LogP contribution in [-0.2, 0) is 4.79 Å². The summed E-state index contributed by atoms with van der Waals surface area (Å²) >= 11 is 0. The minimum absolute atomic E-state index is 0.256. The third-order valence-electron chi connectivity index (χ3n) is 4.48. The van der Waals surface area contributed by atoms with E-state index < -0.39 is 5.97 Å². The third-order valence-corrected chi connectivity index (χ3v) is 4.48. The van der Waals surface area contributed by atoms with Crippen molar-refractivity contribution in [3.63, 3.8) is 0 Å². The lowest BCUT2D eigenvalue weighted by Crippen LogP contribution is -2.36. The van der Waals surface area contributed by atoms with Gasteiger partial charge in [0, 0.05) is 25.5 Å². The van der Waals surface area contributed by atoms with Gasteiger partial charge in [0.15, 0.2) is 0 Å². The van der Waals surface area contributed by atoms with E-state index in [9.17, 15) is 4.79 Å². The van der Waals surface area contributed by atoms with Gasteiger partial charge in [-0.15, -0.1) is 0 Å². The summed E-state index contributed by atoms with van der Waals surface area (Å²) in [5, 5.41) is 13.0. The average Bonchev–Trinajstić information content (AvgIpc) is 3.19. The highest BCUT2D eigenvalue weighted by molar-refractivity contribution is 5.70. The molecule has 4 rings (SSSR count). The number of hydrogen-bond acceptors (Lipinski definition) is 7. The summed E-state index contributed by atoms with van der Waals surface area (Å²) in [6.45, 7) is 1.38. The minimum atomic E-state index is -0.715. The molecule has 8 heteroatoms. The Morgan fingerprint density at radius 2 is 2.00 bits per heavy atom. The van der Waals surface area contributed by atoms with Crippen LogP contribution in [0.1, 0.15) is 12.8 Å². The Labute approximate surface area is 149 Å². The lowest BCUT2D eigenvalue weighted by molar-refractivity contribution is -0.142. The molecule has 0 spiro atoms. The number of carboxylic acid groups (broad SMARTS) is 1. The molecule has 0 bridgehead atoms. The molecule has 0 atom stereocenters. The smallest absolute Gasteiger partial charge is 0.306 e. The summed E-state index contributed by atoms with van der Waals surface area (Å²) in [6, 6.07) is 9.27. The second-order valence-electron chi connectivity index (χ2n) is 6.14. The fraction of sp³-hybridized carbons (Fsp3) is 0.278. The number of pyridine rings is 2. The Balaban J connectivity index is 1.47. The molecule has 1 N–H and O–H groups in total. The summed E-state index contributed by atoms with van der Waals surface area (Å²) in [5.41, 5.74) is 1.37. The Morgan fingerprint density at radius 1 is 1.15 bits per heavy atom. The molecule has 0 aliphatic carbocycles. The number of hydrogen-bond donors (Lipinski definition) is 1. The zero-order chi connectivity index (χ0) is 17.9. The highest BCUT2D eigenvalue weighted by Gasteiger charge is 2.25. The molecule has 0 amide bonds. The number of aromatic nitrogens is 4. The van der Waals surface area contributed by atoms with E-state index in [2.05, 4.69) is 25.0 Å². The van der Waals surface area contributed by atoms with Gasteiger partial charge in [-0.25, -0.2) is 4.98 Å². The van der Waals surface area contributed by atoms with Gasteiger partial charge in [0.1, 0.15) is 11.5 Å². The van der Waals surface area contributed by atoms with Gasteiger partial charge < -0.3 is 14.5 Å². The summed E-state index contributed by atoms with van der Waals surface area (Å²) in [5.74, 6) is 0.666. The first-order valence-electron chi connectivity index (χ1n) is 8.40. The molecule has 0 aromatic carbocycles. The third kappa shape index (κ3) is 3.26. The molecule has 1 fully saturated rings. The van der Waals surface area contributed by atoms with Crippen LogP contribution in [0.3, 0.4) is 0 Å². The van der Waals surface area contributed by atoms with E-state index in [1.54, 1.807) is 12.4 Å². The van der Waals surface area contributed by atoms with Crippen molar-refractivity contribution >= 4 is 11.8 Å². The van der Waals surface area contributed by atoms with Crippen LogP contribution in [0.2, 0.25) is 0 Å². The van der Waals surface area contributed by atoms with E-state index in [-0.39, 0.29) is 5.92 Å². The number of carboxylic acids is 1. The van der Waals surface area contributed by atoms with Crippen molar-refractivity contribution in [3.05, 3.63) is 42.7 Å². The number of rotatable bonds is 4. The Kier molecular flexibility index (Phi) is 4.30. The lowest BCUT2D eigenvalue weighted by Gasteiger charge is -2.30. The molecule has 132 valence electrons. The maximum absolute atomic E-state index is 11.0. The van der Waals surface area contributed by atoms with Gasteiger partial charge in [0.2, 0.25) is 5.82 Å². The summed E-state index contributed by atoms with van der Waals surface area (Å²) in [6.07, 6.45) is 4.63. The van der Waals surface area contributed by atoms with Gasteiger partial charge in [-0.3, -0.25) is 9.78 Å². The second kappa shape index (κ2) is 6.91. The number of anilines is 1. The normalized spacial score (nSPS) is 15.2. The summed E-state index contributed by atoms with van der Waals surface area (Å²) in [7, 11) is 0. The largest absolute Gasteiger partial charge is 0.481 e. The summed E-state index contributed by atoms with van der Waals surface area (Å²) < 4.78 is 5.31. The van der Waals surface area contributed by atoms with Crippen LogP contribution in [0.5, 0.6) is 0 Å². The van der Waals surface area contributed by atoms with Gasteiger partial charge in [0.05, 0.1) is 11.5 Å². The first kappa shape index (κ1) is 16.2. The average molecular weight is 351 g/mol. The zero-order valence-electron chi connectivity index (χ0n) is 13.9. The Hall–Kier alpha value is -3.29. The molecule has 26 heavy (non-hydrogen) atoms. The van der Waals surface area contributed by atoms with Crippen LogP contribution in [-0.4, -0.2) is 44.3 Å². The fourth-order valence-electron chi connectivity index (χ4n) is 2.99. The topological polar surface area (TPSA) is 105 Å². The van der Waals surface area contributed by atoms with E-state index >= 15 is 0 Å². The molecule has 1 aliphatic heterocycles. The molecule has 8 nitrogen and oxygen atoms in total. The van der Waals surface area contributed by atoms with Gasteiger partial charge in [0.25, 0.3) is 5.89 Å². The first-order valence-corrected chi connectivity index (χ1v) is 8.40. The fourth-order valence-corrected chi connectivity index (χ4v) is 2.99. The molecule has 1 aliphatic rings. The number of nitrogens with zero attached hydrogens (tertiary/aromatic N) is 5. The molecule has 0 saturated carbocycles. The number of piperidine rings is 1. The molecule has 4 heterocycles. The Morgan fingerprint density at radius 3 is 2.65 bits per heavy atom. The van der Waals surface area contributed by atoms with Crippen molar-refractivity contribution in [2.24, 2.45) is 5.92 Å². The molecule has 0 radical (unpaired) electrons. The van der Waals surface area contributed by atoms with Crippen molar-refractivity contribution in [3.8, 4) is 23.0 Å². The second-order valence-corrected chi connectivity index (χ2v) is 6.14. The van der Waals surface area contributed by atoms with Crippen molar-refractivity contribution in [1.29, 1.82) is 0 Å². The standard InChI is InChI=1S/C18H17N5O3/c24-18(25)12-6-9-23(10-7-12)15-5-4-13(11-20-15)17-21-16(22-26-17)14-3-1-2-8-19-14/h1-5,8,11-12H,6-7,9-10H2,(H,24,25). The monoisotopic (exact) mass is 351 g/mol. The van der Waals surface area contributed by atoms with Crippen LogP contribution in [0, 0.1) is 5.92 Å². The highest BCUT2D eigenvalue weighted by atomic mass is 16.5. The Bertz CT molecular complexity index is 887. The summed E-state index contributed by atoms with van der Waals surface area (Å²) in [4.78, 5) is 26.2. The molecule has 3 aromatic rings. The molecule has 3 aromatic heterocycles. The zero-order valence-corrected chi connectivity index (χ0v) is 13.9. The number of aliphatic carboxylic acids is 1. The van der Waals surface area contributed by atoms with Gasteiger partial charge >= 0.3 is 5.97 Å². The van der Waals surface area contributed by atoms with E-state index in [1.165, 1.54) is 0 Å².